The molecule has 5 nitrogen and oxygen atoms in total. The zero-order valence-corrected chi connectivity index (χ0v) is 18.3. The third kappa shape index (κ3) is 10.1. The number of nitrogens with one attached hydrogen (secondary N) is 2. The summed E-state index contributed by atoms with van der Waals surface area (Å²) < 4.78 is 0.941. The number of aliphatic imine (C=N–C) groups is 1. The summed E-state index contributed by atoms with van der Waals surface area (Å²) >= 11 is 3.40. The van der Waals surface area contributed by atoms with Crippen LogP contribution >= 0.6 is 39.9 Å². The molecule has 0 aliphatic carbocycles. The molecule has 7 heteroatoms. The third-order valence-corrected chi connectivity index (χ3v) is 3.92. The molecule has 0 aromatic heterocycles. The fraction of sp³-hybridized carbons (Fsp3) is 0.529. The molecule has 0 heterocycles. The molecule has 0 fully saturated rings. The van der Waals surface area contributed by atoms with Crippen LogP contribution in [0.25, 0.3) is 0 Å². The molecule has 136 valence electrons. The minimum Gasteiger partial charge on any atom is -0.370 e. The van der Waals surface area contributed by atoms with Crippen LogP contribution < -0.4 is 16.4 Å². The molecule has 0 bridgehead atoms. The first kappa shape index (κ1) is 23.2. The summed E-state index contributed by atoms with van der Waals surface area (Å²) in [7, 11) is 0. The number of hydrogen-bond acceptors (Lipinski definition) is 2. The molecular formula is C17H28BrIN4O. The summed E-state index contributed by atoms with van der Waals surface area (Å²) in [6, 6.07) is 5.80. The summed E-state index contributed by atoms with van der Waals surface area (Å²) in [6.45, 7) is 5.36. The Bertz CT molecular complexity index is 537. The van der Waals surface area contributed by atoms with Crippen molar-refractivity contribution in [2.24, 2.45) is 10.7 Å². The van der Waals surface area contributed by atoms with E-state index < -0.39 is 0 Å². The molecule has 1 aromatic rings. The topological polar surface area (TPSA) is 79.5 Å². The molecule has 0 atom stereocenters. The van der Waals surface area contributed by atoms with Gasteiger partial charge in [0.2, 0.25) is 5.91 Å². The minimum atomic E-state index is -0.0468. The molecule has 0 radical (unpaired) electrons. The lowest BCUT2D eigenvalue weighted by Gasteiger charge is -2.09. The standard InChI is InChI=1S/C17H27BrN4O.HI/c1-3-4-5-6-10-20-17(19)21-11-9-16(23)22-15-12-14(18)8-7-13(15)2;/h7-8,12H,3-6,9-11H2,1-2H3,(H,22,23)(H3,19,20,21);1H. The number of guanidine groups is 1. The Kier molecular flexibility index (Phi) is 13.0. The van der Waals surface area contributed by atoms with Gasteiger partial charge in [-0.1, -0.05) is 48.2 Å². The number of anilines is 1. The molecule has 4 N–H and O–H groups in total. The van der Waals surface area contributed by atoms with Crippen molar-refractivity contribution >= 4 is 57.5 Å². The maximum absolute atomic E-state index is 11.9. The van der Waals surface area contributed by atoms with Crippen LogP contribution in [0.15, 0.2) is 27.7 Å². The van der Waals surface area contributed by atoms with Crippen molar-refractivity contribution in [3.05, 3.63) is 28.2 Å². The highest BCUT2D eigenvalue weighted by atomic mass is 127. The van der Waals surface area contributed by atoms with Gasteiger partial charge in [0, 0.05) is 29.7 Å². The van der Waals surface area contributed by atoms with Crippen LogP contribution in [0.2, 0.25) is 0 Å². The van der Waals surface area contributed by atoms with E-state index in [1.807, 2.05) is 25.1 Å². The number of carbonyl (C=O) groups excluding carboxylic acids is 1. The SMILES string of the molecule is CCCCCCN=C(N)NCCC(=O)Nc1cc(Br)ccc1C.I. The lowest BCUT2D eigenvalue weighted by Crippen LogP contribution is -2.34. The van der Waals surface area contributed by atoms with Crippen LogP contribution in [0.3, 0.4) is 0 Å². The molecule has 24 heavy (non-hydrogen) atoms. The van der Waals surface area contributed by atoms with Gasteiger partial charge in [-0.25, -0.2) is 0 Å². The largest absolute Gasteiger partial charge is 0.370 e. The first-order valence-corrected chi connectivity index (χ1v) is 8.92. The van der Waals surface area contributed by atoms with Gasteiger partial charge in [0.15, 0.2) is 5.96 Å². The second-order valence-corrected chi connectivity index (χ2v) is 6.43. The van der Waals surface area contributed by atoms with Gasteiger partial charge in [-0.2, -0.15) is 0 Å². The lowest BCUT2D eigenvalue weighted by atomic mass is 10.2. The highest BCUT2D eigenvalue weighted by Gasteiger charge is 2.05. The molecule has 0 spiro atoms. The zero-order valence-electron chi connectivity index (χ0n) is 14.4. The summed E-state index contributed by atoms with van der Waals surface area (Å²) in [4.78, 5) is 16.2. The van der Waals surface area contributed by atoms with Gasteiger partial charge >= 0.3 is 0 Å². The first-order chi connectivity index (χ1) is 11.0. The van der Waals surface area contributed by atoms with E-state index in [2.05, 4.69) is 38.5 Å². The van der Waals surface area contributed by atoms with Crippen molar-refractivity contribution in [2.45, 2.75) is 46.0 Å². The van der Waals surface area contributed by atoms with Crippen molar-refractivity contribution in [1.29, 1.82) is 0 Å². The van der Waals surface area contributed by atoms with E-state index in [4.69, 9.17) is 5.73 Å². The number of unbranched alkanes of at least 4 members (excludes halogenated alkanes) is 3. The van der Waals surface area contributed by atoms with Gasteiger partial charge in [-0.05, 0) is 31.0 Å². The second kappa shape index (κ2) is 13.5. The van der Waals surface area contributed by atoms with Gasteiger partial charge in [0.25, 0.3) is 0 Å². The number of rotatable bonds is 9. The number of carbonyl (C=O) groups is 1. The number of benzene rings is 1. The molecule has 0 aliphatic heterocycles. The smallest absolute Gasteiger partial charge is 0.226 e. The zero-order chi connectivity index (χ0) is 17.1. The maximum Gasteiger partial charge on any atom is 0.226 e. The van der Waals surface area contributed by atoms with Crippen molar-refractivity contribution in [3.63, 3.8) is 0 Å². The fourth-order valence-electron chi connectivity index (χ4n) is 2.04. The molecule has 0 aliphatic rings. The van der Waals surface area contributed by atoms with E-state index in [1.54, 1.807) is 0 Å². The number of halogens is 2. The number of amides is 1. The van der Waals surface area contributed by atoms with Crippen LogP contribution in [0, 0.1) is 6.92 Å². The molecule has 1 amide bonds. The molecule has 1 aromatic carbocycles. The minimum absolute atomic E-state index is 0. The van der Waals surface area contributed by atoms with Crippen molar-refractivity contribution < 1.29 is 4.79 Å². The first-order valence-electron chi connectivity index (χ1n) is 8.12. The molecule has 0 saturated carbocycles. The van der Waals surface area contributed by atoms with E-state index in [0.717, 1.165) is 28.7 Å². The molecule has 0 saturated heterocycles. The summed E-state index contributed by atoms with van der Waals surface area (Å²) in [5, 5.41) is 5.88. The Morgan fingerprint density at radius 3 is 2.75 bits per heavy atom. The lowest BCUT2D eigenvalue weighted by molar-refractivity contribution is -0.116. The normalized spacial score (nSPS) is 10.9. The fourth-order valence-corrected chi connectivity index (χ4v) is 2.40. The highest BCUT2D eigenvalue weighted by Crippen LogP contribution is 2.20. The van der Waals surface area contributed by atoms with E-state index in [0.29, 0.717) is 18.9 Å². The molecular weight excluding hydrogens is 483 g/mol. The Morgan fingerprint density at radius 1 is 1.29 bits per heavy atom. The van der Waals surface area contributed by atoms with Crippen LogP contribution in [0.1, 0.15) is 44.6 Å². The van der Waals surface area contributed by atoms with Gasteiger partial charge in [0.1, 0.15) is 0 Å². The van der Waals surface area contributed by atoms with Crippen LogP contribution in [-0.2, 0) is 4.79 Å². The summed E-state index contributed by atoms with van der Waals surface area (Å²) in [6.07, 6.45) is 5.03. The second-order valence-electron chi connectivity index (χ2n) is 5.51. The predicted octanol–water partition coefficient (Wildman–Crippen LogP) is 4.19. The monoisotopic (exact) mass is 510 g/mol. The quantitative estimate of drug-likeness (QED) is 0.202. The van der Waals surface area contributed by atoms with E-state index >= 15 is 0 Å². The van der Waals surface area contributed by atoms with Gasteiger partial charge < -0.3 is 16.4 Å². The van der Waals surface area contributed by atoms with Gasteiger partial charge in [-0.3, -0.25) is 9.79 Å². The Balaban J connectivity index is 0.00000529. The van der Waals surface area contributed by atoms with Crippen LogP contribution in [0.4, 0.5) is 5.69 Å². The summed E-state index contributed by atoms with van der Waals surface area (Å²) in [5.41, 5.74) is 7.62. The average Bonchev–Trinajstić information content (AvgIpc) is 2.50. The van der Waals surface area contributed by atoms with E-state index in [-0.39, 0.29) is 29.9 Å². The van der Waals surface area contributed by atoms with Gasteiger partial charge in [-0.15, -0.1) is 24.0 Å². The van der Waals surface area contributed by atoms with Crippen LogP contribution in [0.5, 0.6) is 0 Å². The number of hydrogen-bond donors (Lipinski definition) is 3. The predicted molar refractivity (Wildman–Crippen MR) is 116 cm³/mol. The number of aryl methyl sites for hydroxylation is 1. The summed E-state index contributed by atoms with van der Waals surface area (Å²) in [5.74, 6) is 0.363. The highest BCUT2D eigenvalue weighted by molar-refractivity contribution is 14.0. The Labute approximate surface area is 170 Å². The van der Waals surface area contributed by atoms with Crippen molar-refractivity contribution in [2.75, 3.05) is 18.4 Å². The molecule has 0 unspecified atom stereocenters. The number of nitrogens with zero attached hydrogens (tertiary/aromatic N) is 1. The molecule has 1 rings (SSSR count). The van der Waals surface area contributed by atoms with Gasteiger partial charge in [0.05, 0.1) is 0 Å². The van der Waals surface area contributed by atoms with Crippen LogP contribution in [-0.4, -0.2) is 25.0 Å². The maximum atomic E-state index is 11.9. The Hall–Kier alpha value is -0.830. The average molecular weight is 511 g/mol. The van der Waals surface area contributed by atoms with E-state index in [9.17, 15) is 4.79 Å². The Morgan fingerprint density at radius 2 is 2.04 bits per heavy atom. The van der Waals surface area contributed by atoms with E-state index in [1.165, 1.54) is 19.3 Å². The van der Waals surface area contributed by atoms with Crippen molar-refractivity contribution in [1.82, 2.24) is 5.32 Å². The number of nitrogens with two attached hydrogens (primary N) is 1. The van der Waals surface area contributed by atoms with Crippen molar-refractivity contribution in [3.8, 4) is 0 Å². The third-order valence-electron chi connectivity index (χ3n) is 3.43.